The van der Waals surface area contributed by atoms with Crippen LogP contribution in [0.2, 0.25) is 0 Å². The lowest BCUT2D eigenvalue weighted by molar-refractivity contribution is 0.0920. The molecule has 0 aromatic heterocycles. The van der Waals surface area contributed by atoms with Gasteiger partial charge in [-0.1, -0.05) is 36.4 Å². The van der Waals surface area contributed by atoms with Gasteiger partial charge in [-0.2, -0.15) is 0 Å². The Hall–Kier alpha value is -1.87. The molecule has 0 heterocycles. The summed E-state index contributed by atoms with van der Waals surface area (Å²) in [6.45, 7) is 6.06. The number of rotatable bonds is 4. The van der Waals surface area contributed by atoms with Gasteiger partial charge in [0.15, 0.2) is 0 Å². The van der Waals surface area contributed by atoms with Crippen molar-refractivity contribution in [2.24, 2.45) is 0 Å². The van der Waals surface area contributed by atoms with Gasteiger partial charge in [0.05, 0.1) is 5.56 Å². The molecule has 0 aliphatic carbocycles. The molecule has 0 fully saturated rings. The fourth-order valence-electron chi connectivity index (χ4n) is 2.47. The number of carbonyl (C=O) groups is 1. The SMILES string of the molecule is CC(C)(C)NC(=O)c1c(CCCO)ccc2ccccc12. The number of hydrogen-bond donors (Lipinski definition) is 2. The van der Waals surface area contributed by atoms with Crippen molar-refractivity contribution >= 4 is 16.7 Å². The maximum atomic E-state index is 12.7. The lowest BCUT2D eigenvalue weighted by Crippen LogP contribution is -2.41. The van der Waals surface area contributed by atoms with Crippen LogP contribution in [0.15, 0.2) is 36.4 Å². The summed E-state index contributed by atoms with van der Waals surface area (Å²) in [5, 5.41) is 14.1. The monoisotopic (exact) mass is 285 g/mol. The number of aryl methyl sites for hydroxylation is 1. The Balaban J connectivity index is 2.52. The second-order valence-corrected chi connectivity index (χ2v) is 6.35. The summed E-state index contributed by atoms with van der Waals surface area (Å²) in [4.78, 5) is 12.7. The largest absolute Gasteiger partial charge is 0.396 e. The molecule has 112 valence electrons. The van der Waals surface area contributed by atoms with Crippen molar-refractivity contribution in [2.45, 2.75) is 39.2 Å². The van der Waals surface area contributed by atoms with Gasteiger partial charge in [0.25, 0.3) is 5.91 Å². The minimum atomic E-state index is -0.276. The van der Waals surface area contributed by atoms with Crippen molar-refractivity contribution in [3.63, 3.8) is 0 Å². The van der Waals surface area contributed by atoms with Crippen LogP contribution in [-0.2, 0) is 6.42 Å². The Morgan fingerprint density at radius 2 is 1.86 bits per heavy atom. The van der Waals surface area contributed by atoms with Crippen LogP contribution in [0.25, 0.3) is 10.8 Å². The first kappa shape index (κ1) is 15.5. The molecule has 3 nitrogen and oxygen atoms in total. The summed E-state index contributed by atoms with van der Waals surface area (Å²) < 4.78 is 0. The van der Waals surface area contributed by atoms with Gasteiger partial charge >= 0.3 is 0 Å². The molecule has 0 bridgehead atoms. The molecule has 2 rings (SSSR count). The maximum absolute atomic E-state index is 12.7. The summed E-state index contributed by atoms with van der Waals surface area (Å²) in [5.41, 5.74) is 1.45. The number of fused-ring (bicyclic) bond motifs is 1. The molecule has 0 aliphatic rings. The van der Waals surface area contributed by atoms with Crippen molar-refractivity contribution in [3.8, 4) is 0 Å². The molecule has 0 atom stereocenters. The lowest BCUT2D eigenvalue weighted by Gasteiger charge is -2.22. The average molecular weight is 285 g/mol. The van der Waals surface area contributed by atoms with Crippen LogP contribution in [0.3, 0.4) is 0 Å². The highest BCUT2D eigenvalue weighted by Crippen LogP contribution is 2.24. The molecule has 2 aromatic rings. The van der Waals surface area contributed by atoms with Crippen LogP contribution >= 0.6 is 0 Å². The molecule has 0 aliphatic heterocycles. The summed E-state index contributed by atoms with van der Waals surface area (Å²) >= 11 is 0. The molecule has 3 heteroatoms. The fourth-order valence-corrected chi connectivity index (χ4v) is 2.47. The molecule has 21 heavy (non-hydrogen) atoms. The molecule has 2 aromatic carbocycles. The molecule has 1 amide bonds. The zero-order valence-corrected chi connectivity index (χ0v) is 12.9. The minimum absolute atomic E-state index is 0.0489. The van der Waals surface area contributed by atoms with Crippen molar-refractivity contribution in [3.05, 3.63) is 47.5 Å². The van der Waals surface area contributed by atoms with Gasteiger partial charge in [-0.3, -0.25) is 4.79 Å². The van der Waals surface area contributed by atoms with Crippen LogP contribution < -0.4 is 5.32 Å². The maximum Gasteiger partial charge on any atom is 0.252 e. The van der Waals surface area contributed by atoms with Crippen LogP contribution in [0, 0.1) is 0 Å². The van der Waals surface area contributed by atoms with Gasteiger partial charge in [-0.05, 0) is 49.9 Å². The van der Waals surface area contributed by atoms with Crippen LogP contribution in [0.1, 0.15) is 43.1 Å². The van der Waals surface area contributed by atoms with Crippen molar-refractivity contribution in [2.75, 3.05) is 6.61 Å². The Morgan fingerprint density at radius 3 is 2.52 bits per heavy atom. The van der Waals surface area contributed by atoms with E-state index in [1.807, 2.05) is 57.2 Å². The van der Waals surface area contributed by atoms with Gasteiger partial charge in [0, 0.05) is 12.1 Å². The van der Waals surface area contributed by atoms with Crippen molar-refractivity contribution in [1.82, 2.24) is 5.32 Å². The molecule has 0 spiro atoms. The van der Waals surface area contributed by atoms with E-state index in [2.05, 4.69) is 5.32 Å². The second-order valence-electron chi connectivity index (χ2n) is 6.35. The first-order valence-electron chi connectivity index (χ1n) is 7.36. The van der Waals surface area contributed by atoms with Gasteiger partial charge in [0.1, 0.15) is 0 Å². The summed E-state index contributed by atoms with van der Waals surface area (Å²) in [6, 6.07) is 12.0. The third kappa shape index (κ3) is 3.82. The van der Waals surface area contributed by atoms with Crippen LogP contribution in [0.4, 0.5) is 0 Å². The van der Waals surface area contributed by atoms with Crippen molar-refractivity contribution in [1.29, 1.82) is 0 Å². The Morgan fingerprint density at radius 1 is 1.14 bits per heavy atom. The standard InChI is InChI=1S/C18H23NO2/c1-18(2,3)19-17(21)16-14(8-6-12-20)11-10-13-7-4-5-9-15(13)16/h4-5,7,9-11,20H,6,8,12H2,1-3H3,(H,19,21). The third-order valence-corrected chi connectivity index (χ3v) is 3.34. The predicted molar refractivity (Wildman–Crippen MR) is 86.6 cm³/mol. The first-order chi connectivity index (χ1) is 9.92. The number of hydrogen-bond acceptors (Lipinski definition) is 2. The first-order valence-corrected chi connectivity index (χ1v) is 7.36. The quantitative estimate of drug-likeness (QED) is 0.905. The second kappa shape index (κ2) is 6.27. The van der Waals surface area contributed by atoms with E-state index >= 15 is 0 Å². The van der Waals surface area contributed by atoms with E-state index < -0.39 is 0 Å². The Kier molecular flexibility index (Phi) is 4.63. The number of carbonyl (C=O) groups excluding carboxylic acids is 1. The highest BCUT2D eigenvalue weighted by molar-refractivity contribution is 6.08. The highest BCUT2D eigenvalue weighted by atomic mass is 16.2. The van der Waals surface area contributed by atoms with E-state index in [0.717, 1.165) is 21.9 Å². The van der Waals surface area contributed by atoms with E-state index in [9.17, 15) is 4.79 Å². The number of nitrogens with one attached hydrogen (secondary N) is 1. The van der Waals surface area contributed by atoms with Crippen molar-refractivity contribution < 1.29 is 9.90 Å². The van der Waals surface area contributed by atoms with E-state index in [0.29, 0.717) is 12.8 Å². The third-order valence-electron chi connectivity index (χ3n) is 3.34. The van der Waals surface area contributed by atoms with Gasteiger partial charge in [-0.25, -0.2) is 0 Å². The summed E-state index contributed by atoms with van der Waals surface area (Å²) in [7, 11) is 0. The normalized spacial score (nSPS) is 11.6. The number of benzene rings is 2. The minimum Gasteiger partial charge on any atom is -0.396 e. The van der Waals surface area contributed by atoms with Crippen LogP contribution in [-0.4, -0.2) is 23.2 Å². The Labute approximate surface area is 126 Å². The average Bonchev–Trinajstić information content (AvgIpc) is 2.42. The van der Waals surface area contributed by atoms with E-state index in [-0.39, 0.29) is 18.1 Å². The molecule has 2 N–H and O–H groups in total. The lowest BCUT2D eigenvalue weighted by atomic mass is 9.94. The van der Waals surface area contributed by atoms with Gasteiger partial charge in [-0.15, -0.1) is 0 Å². The molecular formula is C18H23NO2. The molecular weight excluding hydrogens is 262 g/mol. The van der Waals surface area contributed by atoms with Gasteiger partial charge < -0.3 is 10.4 Å². The van der Waals surface area contributed by atoms with Gasteiger partial charge in [0.2, 0.25) is 0 Å². The van der Waals surface area contributed by atoms with E-state index in [1.165, 1.54) is 0 Å². The molecule has 0 radical (unpaired) electrons. The molecule has 0 saturated heterocycles. The van der Waals surface area contributed by atoms with E-state index in [1.54, 1.807) is 0 Å². The van der Waals surface area contributed by atoms with E-state index in [4.69, 9.17) is 5.11 Å². The molecule has 0 unspecified atom stereocenters. The Bertz CT molecular complexity index is 641. The summed E-state index contributed by atoms with van der Waals surface area (Å²) in [6.07, 6.45) is 1.36. The zero-order chi connectivity index (χ0) is 15.5. The summed E-state index contributed by atoms with van der Waals surface area (Å²) in [5.74, 6) is -0.0489. The predicted octanol–water partition coefficient (Wildman–Crippen LogP) is 3.29. The number of aliphatic hydroxyl groups excluding tert-OH is 1. The zero-order valence-electron chi connectivity index (χ0n) is 12.9. The van der Waals surface area contributed by atoms with Crippen LogP contribution in [0.5, 0.6) is 0 Å². The number of amides is 1. The smallest absolute Gasteiger partial charge is 0.252 e. The molecule has 0 saturated carbocycles. The highest BCUT2D eigenvalue weighted by Gasteiger charge is 2.20. The fraction of sp³-hybridized carbons (Fsp3) is 0.389. The topological polar surface area (TPSA) is 49.3 Å². The number of aliphatic hydroxyl groups is 1.